The third kappa shape index (κ3) is 8.98. The van der Waals surface area contributed by atoms with Crippen LogP contribution in [0.25, 0.3) is 22.5 Å². The molecule has 3 aromatic heterocycles. The van der Waals surface area contributed by atoms with Crippen LogP contribution in [-0.2, 0) is 21.5 Å². The number of hydrogen-bond acceptors (Lipinski definition) is 10. The van der Waals surface area contributed by atoms with Gasteiger partial charge in [0.1, 0.15) is 17.9 Å². The van der Waals surface area contributed by atoms with Gasteiger partial charge in [0.15, 0.2) is 0 Å². The van der Waals surface area contributed by atoms with Gasteiger partial charge in [0.05, 0.1) is 23.3 Å². The molecular formula is C36H41N7O6S. The number of carboxylic acid groups (broad SMARTS) is 1. The van der Waals surface area contributed by atoms with E-state index in [0.29, 0.717) is 23.9 Å². The van der Waals surface area contributed by atoms with Crippen LogP contribution in [0.15, 0.2) is 69.1 Å². The molecule has 50 heavy (non-hydrogen) atoms. The molecule has 0 radical (unpaired) electrons. The van der Waals surface area contributed by atoms with E-state index in [-0.39, 0.29) is 47.6 Å². The number of allylic oxidation sites excluding steroid dienone is 3. The van der Waals surface area contributed by atoms with Crippen molar-refractivity contribution in [1.29, 1.82) is 0 Å². The Labute approximate surface area is 291 Å². The Balaban J connectivity index is 1.23. The largest absolute Gasteiger partial charge is 0.478 e. The Morgan fingerprint density at radius 2 is 1.90 bits per heavy atom. The van der Waals surface area contributed by atoms with Gasteiger partial charge in [0.2, 0.25) is 17.5 Å². The normalized spacial score (nSPS) is 16.4. The lowest BCUT2D eigenvalue weighted by atomic mass is 9.88. The number of rotatable bonds is 13. The van der Waals surface area contributed by atoms with Crippen LogP contribution in [-0.4, -0.2) is 57.8 Å². The second kappa shape index (κ2) is 14.1. The molecule has 1 atom stereocenters. The zero-order valence-electron chi connectivity index (χ0n) is 28.7. The van der Waals surface area contributed by atoms with Crippen LogP contribution in [0.5, 0.6) is 5.88 Å². The second-order valence-corrected chi connectivity index (χ2v) is 15.3. The summed E-state index contributed by atoms with van der Waals surface area (Å²) in [7, 11) is -4.38. The Morgan fingerprint density at radius 3 is 2.60 bits per heavy atom. The maximum Gasteiger partial charge on any atom is 0.344 e. The van der Waals surface area contributed by atoms with Gasteiger partial charge < -0.3 is 19.6 Å². The van der Waals surface area contributed by atoms with Gasteiger partial charge in [-0.1, -0.05) is 51.1 Å². The van der Waals surface area contributed by atoms with Gasteiger partial charge in [0, 0.05) is 48.2 Å². The summed E-state index contributed by atoms with van der Waals surface area (Å²) >= 11 is 0. The van der Waals surface area contributed by atoms with Crippen molar-refractivity contribution in [3.05, 3.63) is 82.9 Å². The summed E-state index contributed by atoms with van der Waals surface area (Å²) in [4.78, 5) is 29.6. The van der Waals surface area contributed by atoms with Gasteiger partial charge in [0.25, 0.3) is 0 Å². The smallest absolute Gasteiger partial charge is 0.344 e. The number of ether oxygens (including phenoxy) is 1. The van der Waals surface area contributed by atoms with E-state index in [1.807, 2.05) is 38.1 Å². The Bertz CT molecular complexity index is 2110. The summed E-state index contributed by atoms with van der Waals surface area (Å²) in [5.41, 5.74) is 5.29. The zero-order valence-corrected chi connectivity index (χ0v) is 29.5. The van der Waals surface area contributed by atoms with Crippen molar-refractivity contribution in [3.63, 3.8) is 0 Å². The number of carbonyl (C=O) groups is 1. The lowest BCUT2D eigenvalue weighted by Crippen LogP contribution is -2.37. The molecule has 0 unspecified atom stereocenters. The number of hydrogen-bond donors (Lipinski definition) is 3. The number of fused-ring (bicyclic) bond motifs is 1. The fourth-order valence-electron chi connectivity index (χ4n) is 5.88. The number of benzene rings is 1. The number of aryl methyl sites for hydroxylation is 2. The Kier molecular flexibility index (Phi) is 9.85. The van der Waals surface area contributed by atoms with E-state index < -0.39 is 16.2 Å². The molecule has 0 saturated heterocycles. The molecule has 4 aromatic rings. The van der Waals surface area contributed by atoms with E-state index >= 15 is 0 Å². The van der Waals surface area contributed by atoms with Crippen LogP contribution < -0.4 is 14.8 Å². The van der Waals surface area contributed by atoms with Crippen molar-refractivity contribution in [2.24, 2.45) is 9.81 Å². The summed E-state index contributed by atoms with van der Waals surface area (Å²) in [6, 6.07) is 9.38. The number of nitrogens with zero attached hydrogens (tertiary/aromatic N) is 5. The average molecular weight is 700 g/mol. The Morgan fingerprint density at radius 1 is 1.14 bits per heavy atom. The van der Waals surface area contributed by atoms with Crippen LogP contribution in [0, 0.1) is 19.3 Å². The van der Waals surface area contributed by atoms with Crippen molar-refractivity contribution in [2.45, 2.75) is 78.8 Å². The molecule has 262 valence electrons. The van der Waals surface area contributed by atoms with Gasteiger partial charge in [-0.15, -0.1) is 4.40 Å². The molecule has 0 bridgehead atoms. The molecular weight excluding hydrogens is 659 g/mol. The first kappa shape index (κ1) is 34.9. The predicted molar refractivity (Wildman–Crippen MR) is 190 cm³/mol. The number of furan rings is 1. The quantitative estimate of drug-likeness (QED) is 0.144. The van der Waals surface area contributed by atoms with E-state index in [4.69, 9.17) is 14.1 Å². The van der Waals surface area contributed by atoms with E-state index in [1.54, 1.807) is 12.3 Å². The van der Waals surface area contributed by atoms with Crippen molar-refractivity contribution < 1.29 is 27.5 Å². The minimum Gasteiger partial charge on any atom is -0.478 e. The van der Waals surface area contributed by atoms with E-state index in [0.717, 1.165) is 52.9 Å². The van der Waals surface area contributed by atoms with Gasteiger partial charge in [-0.2, -0.15) is 13.4 Å². The topological polar surface area (TPSA) is 182 Å². The summed E-state index contributed by atoms with van der Waals surface area (Å²) in [6.07, 6.45) is 8.89. The fraction of sp³-hybridized carbons (Fsp3) is 0.389. The van der Waals surface area contributed by atoms with Crippen LogP contribution in [0.3, 0.4) is 0 Å². The molecule has 3 N–H and O–H groups in total. The van der Waals surface area contributed by atoms with Gasteiger partial charge in [-0.25, -0.2) is 24.5 Å². The standard InChI is InChI=1S/C36H41N7O6S/c1-21-8-6-9-22(2)32(21)28-16-31(41-35(40-28)43-50(46,47)42-25-11-7-10-24(14-25)34(44)45)48-20-26(17-36(3,4)5)37-18-27-19-38-33-29(39-27)15-30(49-33)23-12-13-23/h6-11,15-16,19,23,26,37H,12-14,17-18,20H2,1-5H3,(H,44,45)(H,40,41,43)/t26-/m1/s1. The molecule has 3 heterocycles. The second-order valence-electron chi connectivity index (χ2n) is 14.0. The van der Waals surface area contributed by atoms with Crippen molar-refractivity contribution in [3.8, 4) is 17.1 Å². The van der Waals surface area contributed by atoms with Gasteiger partial charge in [-0.3, -0.25) is 0 Å². The number of aliphatic carboxylic acids is 1. The molecule has 1 saturated carbocycles. The summed E-state index contributed by atoms with van der Waals surface area (Å²) in [5.74, 6) is 0.212. The van der Waals surface area contributed by atoms with Crippen molar-refractivity contribution in [2.75, 3.05) is 11.3 Å². The molecule has 0 aliphatic heterocycles. The van der Waals surface area contributed by atoms with Crippen LogP contribution in [0.1, 0.15) is 75.0 Å². The van der Waals surface area contributed by atoms with Crippen LogP contribution in [0.4, 0.5) is 5.95 Å². The van der Waals surface area contributed by atoms with Crippen LogP contribution in [0.2, 0.25) is 0 Å². The first-order chi connectivity index (χ1) is 23.7. The highest BCUT2D eigenvalue weighted by molar-refractivity contribution is 7.91. The SMILES string of the molecule is Cc1cccc(C)c1-c1cc(OC[C@@H](CC(C)(C)C)NCc2cnc3oc(C4CC4)cc3n2)nc(NS(=O)(=O)N=C2C=CC=C(C(=O)O)C2)n1. The van der Waals surface area contributed by atoms with Crippen LogP contribution >= 0.6 is 0 Å². The zero-order chi connectivity index (χ0) is 35.6. The number of aromatic nitrogens is 4. The third-order valence-electron chi connectivity index (χ3n) is 8.28. The summed E-state index contributed by atoms with van der Waals surface area (Å²) < 4.78 is 44.6. The monoisotopic (exact) mass is 699 g/mol. The minimum atomic E-state index is -4.38. The molecule has 14 heteroatoms. The molecule has 13 nitrogen and oxygen atoms in total. The molecule has 2 aliphatic carbocycles. The maximum absolute atomic E-state index is 13.2. The highest BCUT2D eigenvalue weighted by Crippen LogP contribution is 2.41. The number of anilines is 1. The first-order valence-corrected chi connectivity index (χ1v) is 17.9. The molecule has 6 rings (SSSR count). The predicted octanol–water partition coefficient (Wildman–Crippen LogP) is 6.22. The van der Waals surface area contributed by atoms with Crippen molar-refractivity contribution in [1.82, 2.24) is 25.3 Å². The molecule has 1 fully saturated rings. The molecule has 2 aliphatic rings. The summed E-state index contributed by atoms with van der Waals surface area (Å²) in [5, 5.41) is 12.9. The molecule has 1 aromatic carbocycles. The van der Waals surface area contributed by atoms with E-state index in [1.165, 1.54) is 18.2 Å². The average Bonchev–Trinajstić information content (AvgIpc) is 3.80. The first-order valence-electron chi connectivity index (χ1n) is 16.5. The lowest BCUT2D eigenvalue weighted by molar-refractivity contribution is -0.132. The minimum absolute atomic E-state index is 0.0283. The van der Waals surface area contributed by atoms with Crippen molar-refractivity contribution >= 4 is 39.1 Å². The lowest BCUT2D eigenvalue weighted by Gasteiger charge is -2.27. The maximum atomic E-state index is 13.2. The highest BCUT2D eigenvalue weighted by atomic mass is 32.2. The van der Waals surface area contributed by atoms with Gasteiger partial charge >= 0.3 is 16.2 Å². The molecule has 0 amide bonds. The third-order valence-corrected chi connectivity index (χ3v) is 9.20. The number of carboxylic acids is 1. The fourth-order valence-corrected chi connectivity index (χ4v) is 6.68. The van der Waals surface area contributed by atoms with E-state index in [2.05, 4.69) is 50.2 Å². The van der Waals surface area contributed by atoms with Gasteiger partial charge in [-0.05, 0) is 55.7 Å². The Hall–Kier alpha value is -4.95. The van der Waals surface area contributed by atoms with E-state index in [9.17, 15) is 18.3 Å². The highest BCUT2D eigenvalue weighted by Gasteiger charge is 2.28. The molecule has 0 spiro atoms. The summed E-state index contributed by atoms with van der Waals surface area (Å²) in [6.45, 7) is 11.0. The number of nitrogens with one attached hydrogen (secondary N) is 2.